The molecule has 2 rings (SSSR count). The van der Waals surface area contributed by atoms with Gasteiger partial charge in [0.15, 0.2) is 0 Å². The van der Waals surface area contributed by atoms with E-state index in [1.165, 1.54) is 17.5 Å². The Morgan fingerprint density at radius 2 is 2.11 bits per heavy atom. The van der Waals surface area contributed by atoms with Gasteiger partial charge in [-0.25, -0.2) is 0 Å². The Labute approximate surface area is 116 Å². The lowest BCUT2D eigenvalue weighted by Crippen LogP contribution is -2.30. The maximum Gasteiger partial charge on any atom is 0.122 e. The third-order valence-electron chi connectivity index (χ3n) is 4.36. The van der Waals surface area contributed by atoms with Crippen LogP contribution < -0.4 is 10.1 Å². The maximum absolute atomic E-state index is 5.45. The Morgan fingerprint density at radius 1 is 1.37 bits per heavy atom. The van der Waals surface area contributed by atoms with Crippen molar-refractivity contribution in [2.75, 3.05) is 33.9 Å². The van der Waals surface area contributed by atoms with Gasteiger partial charge in [0.25, 0.3) is 0 Å². The minimum Gasteiger partial charge on any atom is -0.496 e. The molecule has 1 saturated carbocycles. The van der Waals surface area contributed by atoms with Crippen LogP contribution in [0.4, 0.5) is 0 Å². The Kier molecular flexibility index (Phi) is 4.48. The summed E-state index contributed by atoms with van der Waals surface area (Å²) in [6, 6.07) is 6.62. The van der Waals surface area contributed by atoms with Gasteiger partial charge in [0.2, 0.25) is 0 Å². The molecule has 3 heteroatoms. The highest BCUT2D eigenvalue weighted by Crippen LogP contribution is 2.54. The molecule has 0 bridgehead atoms. The quantitative estimate of drug-likeness (QED) is 0.767. The fraction of sp³-hybridized carbons (Fsp3) is 0.625. The minimum absolute atomic E-state index is 0.286. The Morgan fingerprint density at radius 3 is 2.68 bits per heavy atom. The summed E-state index contributed by atoms with van der Waals surface area (Å²) in [5, 5.41) is 3.50. The van der Waals surface area contributed by atoms with Crippen molar-refractivity contribution in [1.82, 2.24) is 5.32 Å². The van der Waals surface area contributed by atoms with Crippen LogP contribution in [0.25, 0.3) is 0 Å². The van der Waals surface area contributed by atoms with Crippen LogP contribution in [0.5, 0.6) is 5.75 Å². The fourth-order valence-corrected chi connectivity index (χ4v) is 2.85. The molecular weight excluding hydrogens is 238 g/mol. The fourth-order valence-electron chi connectivity index (χ4n) is 2.85. The summed E-state index contributed by atoms with van der Waals surface area (Å²) in [5.74, 6) is 1.72. The van der Waals surface area contributed by atoms with E-state index in [2.05, 4.69) is 37.4 Å². The summed E-state index contributed by atoms with van der Waals surface area (Å²) in [4.78, 5) is 0. The van der Waals surface area contributed by atoms with Crippen LogP contribution in [0.15, 0.2) is 18.2 Å². The third-order valence-corrected chi connectivity index (χ3v) is 4.36. The average molecular weight is 263 g/mol. The number of hydrogen-bond acceptors (Lipinski definition) is 3. The molecule has 1 aromatic carbocycles. The van der Waals surface area contributed by atoms with Gasteiger partial charge in [0.1, 0.15) is 5.75 Å². The van der Waals surface area contributed by atoms with Crippen LogP contribution in [0.1, 0.15) is 24.5 Å². The highest BCUT2D eigenvalue weighted by molar-refractivity contribution is 5.43. The largest absolute Gasteiger partial charge is 0.496 e. The van der Waals surface area contributed by atoms with Crippen molar-refractivity contribution < 1.29 is 9.47 Å². The van der Waals surface area contributed by atoms with Crippen LogP contribution in [0.3, 0.4) is 0 Å². The Hall–Kier alpha value is -1.06. The zero-order chi connectivity index (χ0) is 13.9. The molecule has 1 N–H and O–H groups in total. The minimum atomic E-state index is 0.286. The second-order valence-electron chi connectivity index (χ2n) is 5.62. The SMILES string of the molecule is COCCNCC1(c2ccc(C)c(OC)c2)CC1C. The molecule has 0 aliphatic heterocycles. The molecule has 0 amide bonds. The number of aryl methyl sites for hydroxylation is 1. The molecule has 0 spiro atoms. The lowest BCUT2D eigenvalue weighted by Gasteiger charge is -2.19. The highest BCUT2D eigenvalue weighted by atomic mass is 16.5. The number of nitrogens with one attached hydrogen (secondary N) is 1. The molecule has 0 saturated heterocycles. The van der Waals surface area contributed by atoms with Crippen molar-refractivity contribution in [2.45, 2.75) is 25.7 Å². The topological polar surface area (TPSA) is 30.5 Å². The van der Waals surface area contributed by atoms with Gasteiger partial charge in [0.05, 0.1) is 13.7 Å². The summed E-state index contributed by atoms with van der Waals surface area (Å²) in [6.45, 7) is 7.10. The van der Waals surface area contributed by atoms with Gasteiger partial charge in [-0.3, -0.25) is 0 Å². The lowest BCUT2D eigenvalue weighted by molar-refractivity contribution is 0.198. The smallest absolute Gasteiger partial charge is 0.122 e. The summed E-state index contributed by atoms with van der Waals surface area (Å²) >= 11 is 0. The van der Waals surface area contributed by atoms with E-state index in [0.717, 1.165) is 31.4 Å². The van der Waals surface area contributed by atoms with Crippen molar-refractivity contribution >= 4 is 0 Å². The number of hydrogen-bond donors (Lipinski definition) is 1. The first-order valence-corrected chi connectivity index (χ1v) is 6.99. The number of rotatable bonds is 7. The predicted molar refractivity (Wildman–Crippen MR) is 77.9 cm³/mol. The van der Waals surface area contributed by atoms with Gasteiger partial charge in [-0.2, -0.15) is 0 Å². The summed E-state index contributed by atoms with van der Waals surface area (Å²) in [7, 11) is 3.48. The zero-order valence-electron chi connectivity index (χ0n) is 12.5. The monoisotopic (exact) mass is 263 g/mol. The zero-order valence-corrected chi connectivity index (χ0v) is 12.5. The van der Waals surface area contributed by atoms with Gasteiger partial charge in [-0.15, -0.1) is 0 Å². The second kappa shape index (κ2) is 5.93. The molecular formula is C16H25NO2. The third kappa shape index (κ3) is 2.93. The van der Waals surface area contributed by atoms with Gasteiger partial charge >= 0.3 is 0 Å². The van der Waals surface area contributed by atoms with Gasteiger partial charge in [-0.1, -0.05) is 19.1 Å². The number of benzene rings is 1. The van der Waals surface area contributed by atoms with E-state index >= 15 is 0 Å². The van der Waals surface area contributed by atoms with Crippen LogP contribution >= 0.6 is 0 Å². The molecule has 1 fully saturated rings. The second-order valence-corrected chi connectivity index (χ2v) is 5.62. The molecule has 1 aliphatic carbocycles. The molecule has 3 nitrogen and oxygen atoms in total. The van der Waals surface area contributed by atoms with E-state index in [1.807, 2.05) is 0 Å². The van der Waals surface area contributed by atoms with Crippen LogP contribution in [-0.2, 0) is 10.2 Å². The van der Waals surface area contributed by atoms with Crippen molar-refractivity contribution in [3.63, 3.8) is 0 Å². The first-order valence-electron chi connectivity index (χ1n) is 6.99. The Bertz CT molecular complexity index is 433. The van der Waals surface area contributed by atoms with E-state index in [9.17, 15) is 0 Å². The van der Waals surface area contributed by atoms with Crippen molar-refractivity contribution in [1.29, 1.82) is 0 Å². The van der Waals surface area contributed by atoms with Crippen LogP contribution in [0.2, 0.25) is 0 Å². The normalized spacial score (nSPS) is 25.4. The summed E-state index contributed by atoms with van der Waals surface area (Å²) < 4.78 is 10.5. The van der Waals surface area contributed by atoms with Crippen molar-refractivity contribution in [3.05, 3.63) is 29.3 Å². The molecule has 0 aromatic heterocycles. The molecule has 1 aliphatic rings. The van der Waals surface area contributed by atoms with E-state index < -0.39 is 0 Å². The van der Waals surface area contributed by atoms with E-state index in [-0.39, 0.29) is 5.41 Å². The summed E-state index contributed by atoms with van der Waals surface area (Å²) in [6.07, 6.45) is 1.25. The molecule has 2 unspecified atom stereocenters. The number of ether oxygens (including phenoxy) is 2. The predicted octanol–water partition coefficient (Wildman–Crippen LogP) is 2.52. The van der Waals surface area contributed by atoms with Gasteiger partial charge < -0.3 is 14.8 Å². The standard InChI is InChI=1S/C16H25NO2/c1-12-5-6-14(9-15(12)19-4)16(10-13(16)2)11-17-7-8-18-3/h5-6,9,13,17H,7-8,10-11H2,1-4H3. The average Bonchev–Trinajstić information content (AvgIpc) is 3.07. The molecule has 2 atom stereocenters. The summed E-state index contributed by atoms with van der Waals surface area (Å²) in [5.41, 5.74) is 2.88. The molecule has 19 heavy (non-hydrogen) atoms. The molecule has 0 radical (unpaired) electrons. The Balaban J connectivity index is 2.09. The highest BCUT2D eigenvalue weighted by Gasteiger charge is 2.51. The molecule has 0 heterocycles. The molecule has 1 aromatic rings. The van der Waals surface area contributed by atoms with Crippen molar-refractivity contribution in [2.24, 2.45) is 5.92 Å². The van der Waals surface area contributed by atoms with Gasteiger partial charge in [-0.05, 0) is 36.5 Å². The van der Waals surface area contributed by atoms with Crippen molar-refractivity contribution in [3.8, 4) is 5.75 Å². The maximum atomic E-state index is 5.45. The van der Waals surface area contributed by atoms with Gasteiger partial charge in [0, 0.05) is 25.6 Å². The van der Waals surface area contributed by atoms with E-state index in [0.29, 0.717) is 0 Å². The first-order chi connectivity index (χ1) is 9.14. The van der Waals surface area contributed by atoms with E-state index in [1.54, 1.807) is 14.2 Å². The first kappa shape index (κ1) is 14.4. The molecule has 106 valence electrons. The lowest BCUT2D eigenvalue weighted by atomic mass is 9.92. The van der Waals surface area contributed by atoms with E-state index in [4.69, 9.17) is 9.47 Å². The van der Waals surface area contributed by atoms with Crippen LogP contribution in [-0.4, -0.2) is 33.9 Å². The van der Waals surface area contributed by atoms with Crippen LogP contribution in [0, 0.1) is 12.8 Å². The number of methoxy groups -OCH3 is 2.